The summed E-state index contributed by atoms with van der Waals surface area (Å²) in [5.41, 5.74) is 8.74. The third-order valence-corrected chi connectivity index (χ3v) is 5.45. The summed E-state index contributed by atoms with van der Waals surface area (Å²) in [6, 6.07) is 8.47. The Labute approximate surface area is 120 Å². The fraction of sp³-hybridized carbons (Fsp3) is 0.267. The van der Waals surface area contributed by atoms with Crippen LogP contribution in [0.5, 0.6) is 0 Å². The van der Waals surface area contributed by atoms with Crippen LogP contribution in [0.4, 0.5) is 0 Å². The number of nitrogens with two attached hydrogens (primary N) is 1. The highest BCUT2D eigenvalue weighted by atomic mass is 32.1. The molecular formula is C15H16N2S2. The Morgan fingerprint density at radius 3 is 2.79 bits per heavy atom. The van der Waals surface area contributed by atoms with Crippen LogP contribution < -0.4 is 5.73 Å². The van der Waals surface area contributed by atoms with Gasteiger partial charge in [-0.3, -0.25) is 0 Å². The lowest BCUT2D eigenvalue weighted by Gasteiger charge is -2.08. The molecular weight excluding hydrogens is 272 g/mol. The summed E-state index contributed by atoms with van der Waals surface area (Å²) in [5.74, 6) is 0. The van der Waals surface area contributed by atoms with Crippen LogP contribution in [0, 0.1) is 13.8 Å². The van der Waals surface area contributed by atoms with Crippen LogP contribution in [-0.4, -0.2) is 4.98 Å². The van der Waals surface area contributed by atoms with Crippen molar-refractivity contribution in [3.8, 4) is 0 Å². The average Bonchev–Trinajstić information content (AvgIpc) is 2.94. The van der Waals surface area contributed by atoms with Gasteiger partial charge in [0, 0.05) is 22.0 Å². The molecule has 1 atom stereocenters. The molecule has 0 radical (unpaired) electrons. The summed E-state index contributed by atoms with van der Waals surface area (Å²) in [6.07, 6.45) is 0.820. The lowest BCUT2D eigenvalue weighted by atomic mass is 10.0. The fourth-order valence-electron chi connectivity index (χ4n) is 2.21. The summed E-state index contributed by atoms with van der Waals surface area (Å²) in [5, 5.41) is 4.60. The molecule has 0 fully saturated rings. The topological polar surface area (TPSA) is 38.9 Å². The minimum atomic E-state index is 0.0288. The molecule has 0 aliphatic heterocycles. The number of rotatable bonds is 3. The number of aryl methyl sites for hydroxylation is 2. The van der Waals surface area contributed by atoms with E-state index in [1.807, 2.05) is 0 Å². The van der Waals surface area contributed by atoms with Gasteiger partial charge in [0.1, 0.15) is 0 Å². The van der Waals surface area contributed by atoms with E-state index in [0.29, 0.717) is 0 Å². The van der Waals surface area contributed by atoms with E-state index in [9.17, 15) is 0 Å². The number of fused-ring (bicyclic) bond motifs is 1. The Kier molecular flexibility index (Phi) is 3.39. The highest BCUT2D eigenvalue weighted by Crippen LogP contribution is 2.31. The van der Waals surface area contributed by atoms with Gasteiger partial charge in [-0.1, -0.05) is 18.2 Å². The van der Waals surface area contributed by atoms with Gasteiger partial charge in [0.2, 0.25) is 0 Å². The second-order valence-corrected chi connectivity index (χ2v) is 6.95. The Bertz CT molecular complexity index is 692. The highest BCUT2D eigenvalue weighted by molar-refractivity contribution is 7.17. The standard InChI is InChI=1S/C15H16N2S2/c1-9-10(2)19-15(17-9)7-13(16)12-8-18-14-6-4-3-5-11(12)14/h3-6,8,13H,7,16H2,1-2H3. The first-order valence-corrected chi connectivity index (χ1v) is 7.99. The monoisotopic (exact) mass is 288 g/mol. The first-order valence-electron chi connectivity index (χ1n) is 6.30. The zero-order valence-corrected chi connectivity index (χ0v) is 12.6. The van der Waals surface area contributed by atoms with Crippen LogP contribution in [0.3, 0.4) is 0 Å². The summed E-state index contributed by atoms with van der Waals surface area (Å²) in [4.78, 5) is 5.87. The van der Waals surface area contributed by atoms with E-state index in [1.165, 1.54) is 20.5 Å². The first-order chi connectivity index (χ1) is 9.15. The number of thiazole rings is 1. The van der Waals surface area contributed by atoms with Crippen molar-refractivity contribution in [3.63, 3.8) is 0 Å². The van der Waals surface area contributed by atoms with E-state index < -0.39 is 0 Å². The number of hydrogen-bond acceptors (Lipinski definition) is 4. The van der Waals surface area contributed by atoms with Crippen LogP contribution in [0.25, 0.3) is 10.1 Å². The second kappa shape index (κ2) is 5.04. The molecule has 19 heavy (non-hydrogen) atoms. The summed E-state index contributed by atoms with van der Waals surface area (Å²) < 4.78 is 1.31. The van der Waals surface area contributed by atoms with Gasteiger partial charge in [-0.15, -0.1) is 22.7 Å². The molecule has 2 aromatic heterocycles. The van der Waals surface area contributed by atoms with Crippen LogP contribution in [-0.2, 0) is 6.42 Å². The summed E-state index contributed by atoms with van der Waals surface area (Å²) in [7, 11) is 0. The van der Waals surface area contributed by atoms with Gasteiger partial charge in [-0.25, -0.2) is 4.98 Å². The normalized spacial score (nSPS) is 13.0. The third-order valence-electron chi connectivity index (χ3n) is 3.38. The zero-order chi connectivity index (χ0) is 13.4. The van der Waals surface area contributed by atoms with Crippen LogP contribution in [0.1, 0.15) is 27.2 Å². The molecule has 0 bridgehead atoms. The van der Waals surface area contributed by atoms with Crippen molar-refractivity contribution < 1.29 is 0 Å². The van der Waals surface area contributed by atoms with Crippen molar-refractivity contribution in [2.45, 2.75) is 26.3 Å². The maximum absolute atomic E-state index is 6.37. The van der Waals surface area contributed by atoms with Gasteiger partial charge in [-0.2, -0.15) is 0 Å². The Morgan fingerprint density at radius 1 is 1.26 bits per heavy atom. The van der Waals surface area contributed by atoms with Gasteiger partial charge in [0.25, 0.3) is 0 Å². The van der Waals surface area contributed by atoms with E-state index >= 15 is 0 Å². The van der Waals surface area contributed by atoms with Gasteiger partial charge in [-0.05, 0) is 36.2 Å². The van der Waals surface area contributed by atoms with Crippen molar-refractivity contribution >= 4 is 32.8 Å². The van der Waals surface area contributed by atoms with Gasteiger partial charge in [0.05, 0.1) is 10.7 Å². The number of hydrogen-bond donors (Lipinski definition) is 1. The molecule has 2 N–H and O–H groups in total. The number of benzene rings is 1. The number of aromatic nitrogens is 1. The quantitative estimate of drug-likeness (QED) is 0.784. The molecule has 0 amide bonds. The van der Waals surface area contributed by atoms with Gasteiger partial charge >= 0.3 is 0 Å². The second-order valence-electron chi connectivity index (χ2n) is 4.75. The van der Waals surface area contributed by atoms with E-state index in [0.717, 1.165) is 17.1 Å². The summed E-state index contributed by atoms with van der Waals surface area (Å²) in [6.45, 7) is 4.17. The minimum absolute atomic E-state index is 0.0288. The maximum Gasteiger partial charge on any atom is 0.0949 e. The number of nitrogens with zero attached hydrogens (tertiary/aromatic N) is 1. The molecule has 0 spiro atoms. The van der Waals surface area contributed by atoms with Crippen molar-refractivity contribution in [2.24, 2.45) is 5.73 Å². The lowest BCUT2D eigenvalue weighted by molar-refractivity contribution is 0.725. The Hall–Kier alpha value is -1.23. The number of thiophene rings is 1. The van der Waals surface area contributed by atoms with Crippen molar-refractivity contribution in [1.82, 2.24) is 4.98 Å². The van der Waals surface area contributed by atoms with Crippen molar-refractivity contribution in [1.29, 1.82) is 0 Å². The highest BCUT2D eigenvalue weighted by Gasteiger charge is 2.14. The van der Waals surface area contributed by atoms with E-state index in [-0.39, 0.29) is 6.04 Å². The maximum atomic E-state index is 6.37. The van der Waals surface area contributed by atoms with Crippen LogP contribution in [0.15, 0.2) is 29.6 Å². The molecule has 0 saturated heterocycles. The first kappa shape index (κ1) is 12.8. The molecule has 0 saturated carbocycles. The molecule has 98 valence electrons. The largest absolute Gasteiger partial charge is 0.324 e. The van der Waals surface area contributed by atoms with Crippen molar-refractivity contribution in [3.05, 3.63) is 50.8 Å². The molecule has 0 aliphatic rings. The SMILES string of the molecule is Cc1nc(CC(N)c2csc3ccccc23)sc1C. The van der Waals surface area contributed by atoms with Crippen LogP contribution >= 0.6 is 22.7 Å². The van der Waals surface area contributed by atoms with E-state index in [4.69, 9.17) is 5.73 Å². The predicted octanol–water partition coefficient (Wildman–Crippen LogP) is 4.22. The Morgan fingerprint density at radius 2 is 2.05 bits per heavy atom. The lowest BCUT2D eigenvalue weighted by Crippen LogP contribution is -2.12. The average molecular weight is 288 g/mol. The van der Waals surface area contributed by atoms with E-state index in [1.54, 1.807) is 22.7 Å². The van der Waals surface area contributed by atoms with E-state index in [2.05, 4.69) is 48.5 Å². The fourth-order valence-corrected chi connectivity index (χ4v) is 4.23. The molecule has 3 rings (SSSR count). The molecule has 0 aliphatic carbocycles. The molecule has 2 nitrogen and oxygen atoms in total. The third kappa shape index (κ3) is 2.43. The minimum Gasteiger partial charge on any atom is -0.324 e. The zero-order valence-electron chi connectivity index (χ0n) is 11.0. The smallest absolute Gasteiger partial charge is 0.0949 e. The Balaban J connectivity index is 1.89. The molecule has 1 aromatic carbocycles. The molecule has 2 heterocycles. The molecule has 4 heteroatoms. The predicted molar refractivity (Wildman–Crippen MR) is 84.0 cm³/mol. The van der Waals surface area contributed by atoms with Gasteiger partial charge in [0.15, 0.2) is 0 Å². The van der Waals surface area contributed by atoms with Crippen LogP contribution in [0.2, 0.25) is 0 Å². The molecule has 1 unspecified atom stereocenters. The summed E-state index contributed by atoms with van der Waals surface area (Å²) >= 11 is 3.52. The van der Waals surface area contributed by atoms with Gasteiger partial charge < -0.3 is 5.73 Å². The molecule has 3 aromatic rings. The van der Waals surface area contributed by atoms with Crippen molar-refractivity contribution in [2.75, 3.05) is 0 Å².